The minimum absolute atomic E-state index is 0.118. The predicted octanol–water partition coefficient (Wildman–Crippen LogP) is 8.47. The number of benzene rings is 2. The van der Waals surface area contributed by atoms with Gasteiger partial charge >= 0.3 is 12.1 Å². The number of terminal acetylenes is 1. The molecule has 55 heavy (non-hydrogen) atoms. The van der Waals surface area contributed by atoms with Gasteiger partial charge in [-0.05, 0) is 93.3 Å². The van der Waals surface area contributed by atoms with E-state index < -0.39 is 88.2 Å². The van der Waals surface area contributed by atoms with Gasteiger partial charge in [-0.3, -0.25) is 14.4 Å². The number of halogens is 7. The zero-order chi connectivity index (χ0) is 40.7. The van der Waals surface area contributed by atoms with Crippen LogP contribution in [0.1, 0.15) is 103 Å². The second-order valence-electron chi connectivity index (χ2n) is 15.4. The predicted molar refractivity (Wildman–Crippen MR) is 193 cm³/mol. The van der Waals surface area contributed by atoms with Crippen LogP contribution >= 0.6 is 0 Å². The highest BCUT2D eigenvalue weighted by molar-refractivity contribution is 5.82. The van der Waals surface area contributed by atoms with Crippen LogP contribution in [-0.2, 0) is 15.8 Å². The molecule has 1 saturated carbocycles. The zero-order valence-corrected chi connectivity index (χ0v) is 31.2. The number of aromatic nitrogens is 1. The molecule has 14 heteroatoms. The highest BCUT2D eigenvalue weighted by atomic mass is 19.4. The number of amides is 1. The molecule has 2 heterocycles. The minimum Gasteiger partial charge on any atom is -0.481 e. The average Bonchev–Trinajstić information content (AvgIpc) is 3.68. The zero-order valence-electron chi connectivity index (χ0n) is 31.2. The number of likely N-dealkylation sites (tertiary alicyclic amines) is 1. The Morgan fingerprint density at radius 2 is 1.64 bits per heavy atom. The van der Waals surface area contributed by atoms with Crippen molar-refractivity contribution in [1.82, 2.24) is 14.8 Å². The number of nitrogens with zero attached hydrogens (tertiary/aromatic N) is 2. The Kier molecular flexibility index (Phi) is 12.0. The summed E-state index contributed by atoms with van der Waals surface area (Å²) in [5, 5.41) is 12.3. The number of alkyl halides is 5. The van der Waals surface area contributed by atoms with Gasteiger partial charge in [0.25, 0.3) is 11.5 Å². The van der Waals surface area contributed by atoms with E-state index in [1.165, 1.54) is 0 Å². The second-order valence-corrected chi connectivity index (χ2v) is 15.4. The summed E-state index contributed by atoms with van der Waals surface area (Å²) in [6.07, 6.45) is 0.648. The summed E-state index contributed by atoms with van der Waals surface area (Å²) in [7, 11) is 0. The number of aliphatic carboxylic acids is 1. The molecule has 1 aliphatic carbocycles. The molecule has 1 amide bonds. The van der Waals surface area contributed by atoms with Crippen LogP contribution in [0.3, 0.4) is 0 Å². The SMILES string of the molecule is C#Cc1cc(-c2c(C)cc(C)cc2C)c(F)c([C@H](CC(=O)O)NC(=O)[C@@H](CC(C)C)n2cc(C3CCN(C[C@@H]4CC4(F)F)CC3)c(C(F)(F)F)cc2=O)c1F. The lowest BCUT2D eigenvalue weighted by Crippen LogP contribution is -2.41. The van der Waals surface area contributed by atoms with Gasteiger partial charge in [0.15, 0.2) is 0 Å². The molecule has 2 aromatic carbocycles. The number of hydrogen-bond acceptors (Lipinski definition) is 4. The van der Waals surface area contributed by atoms with Gasteiger partial charge in [0.2, 0.25) is 5.91 Å². The number of nitrogens with one attached hydrogen (secondary N) is 1. The number of carbonyl (C=O) groups is 2. The maximum atomic E-state index is 16.6. The lowest BCUT2D eigenvalue weighted by atomic mass is 9.87. The topological polar surface area (TPSA) is 91.6 Å². The Morgan fingerprint density at radius 1 is 1.04 bits per heavy atom. The van der Waals surface area contributed by atoms with E-state index in [1.54, 1.807) is 44.7 Å². The maximum Gasteiger partial charge on any atom is 0.416 e. The van der Waals surface area contributed by atoms with Crippen molar-refractivity contribution in [1.29, 1.82) is 0 Å². The van der Waals surface area contributed by atoms with Crippen molar-refractivity contribution in [3.63, 3.8) is 0 Å². The molecule has 2 aliphatic rings. The molecule has 0 radical (unpaired) electrons. The number of carbonyl (C=O) groups excluding carboxylic acids is 1. The van der Waals surface area contributed by atoms with Crippen LogP contribution in [0.2, 0.25) is 0 Å². The Hall–Kier alpha value is -4.64. The number of aryl methyl sites for hydroxylation is 3. The van der Waals surface area contributed by atoms with Crippen molar-refractivity contribution in [2.75, 3.05) is 19.6 Å². The summed E-state index contributed by atoms with van der Waals surface area (Å²) >= 11 is 0. The highest BCUT2D eigenvalue weighted by Gasteiger charge is 2.57. The third-order valence-corrected chi connectivity index (χ3v) is 10.6. The van der Waals surface area contributed by atoms with Gasteiger partial charge in [-0.2, -0.15) is 13.2 Å². The van der Waals surface area contributed by atoms with E-state index in [0.29, 0.717) is 22.8 Å². The second kappa shape index (κ2) is 15.8. The summed E-state index contributed by atoms with van der Waals surface area (Å²) in [5.74, 6) is -7.47. The molecule has 3 atom stereocenters. The third kappa shape index (κ3) is 9.09. The fourth-order valence-corrected chi connectivity index (χ4v) is 7.90. The van der Waals surface area contributed by atoms with E-state index in [4.69, 9.17) is 6.42 Å². The Bertz CT molecular complexity index is 2050. The Balaban J connectivity index is 1.56. The fraction of sp³-hybridized carbons (Fsp3) is 0.488. The van der Waals surface area contributed by atoms with Gasteiger partial charge in [-0.25, -0.2) is 17.6 Å². The van der Waals surface area contributed by atoms with Crippen molar-refractivity contribution in [3.8, 4) is 23.5 Å². The van der Waals surface area contributed by atoms with Crippen molar-refractivity contribution in [2.45, 2.75) is 96.8 Å². The standard InChI is InChI=1S/C41H44F7N3O4/c1-7-25-15-28(35-23(5)13-22(4)14-24(35)6)38(43)36(37(25)42)31(17-34(53)54)49-39(55)32(12-21(2)3)51-20-29(30(16-33(51)52)41(46,47)48)26-8-10-50(11-9-26)19-27-18-40(27,44)45/h1,13-16,20-21,26-27,31-32H,8-12,17-19H2,2-6H3,(H,49,55)(H,53,54)/t27-,31-,32+/m0/s1. The molecule has 296 valence electrons. The molecular formula is C41H44F7N3O4. The molecule has 5 rings (SSSR count). The van der Waals surface area contributed by atoms with Crippen molar-refractivity contribution < 1.29 is 45.4 Å². The van der Waals surface area contributed by atoms with Crippen molar-refractivity contribution in [3.05, 3.63) is 91.4 Å². The molecule has 0 bridgehead atoms. The van der Waals surface area contributed by atoms with Crippen molar-refractivity contribution >= 4 is 11.9 Å². The van der Waals surface area contributed by atoms with Gasteiger partial charge < -0.3 is 19.9 Å². The number of pyridine rings is 1. The maximum absolute atomic E-state index is 16.6. The summed E-state index contributed by atoms with van der Waals surface area (Å²) < 4.78 is 104. The van der Waals surface area contributed by atoms with Crippen LogP contribution in [0.4, 0.5) is 30.7 Å². The number of carboxylic acid groups (broad SMARTS) is 1. The fourth-order valence-electron chi connectivity index (χ4n) is 7.90. The molecule has 2 N–H and O–H groups in total. The summed E-state index contributed by atoms with van der Waals surface area (Å²) in [4.78, 5) is 41.6. The van der Waals surface area contributed by atoms with Crippen LogP contribution in [0.25, 0.3) is 11.1 Å². The lowest BCUT2D eigenvalue weighted by molar-refractivity contribution is -0.139. The molecule has 7 nitrogen and oxygen atoms in total. The first kappa shape index (κ1) is 41.5. The summed E-state index contributed by atoms with van der Waals surface area (Å²) in [6, 6.07) is 1.73. The van der Waals surface area contributed by atoms with Crippen molar-refractivity contribution in [2.24, 2.45) is 11.8 Å². The Morgan fingerprint density at radius 3 is 2.15 bits per heavy atom. The number of hydrogen-bond donors (Lipinski definition) is 2. The lowest BCUT2D eigenvalue weighted by Gasteiger charge is -2.34. The quantitative estimate of drug-likeness (QED) is 0.142. The van der Waals surface area contributed by atoms with Gasteiger partial charge in [0, 0.05) is 42.3 Å². The summed E-state index contributed by atoms with van der Waals surface area (Å²) in [5.41, 5.74) is -1.42. The van der Waals surface area contributed by atoms with Crippen LogP contribution in [0.15, 0.2) is 35.3 Å². The third-order valence-electron chi connectivity index (χ3n) is 10.6. The molecule has 3 aromatic rings. The van der Waals surface area contributed by atoms with Crippen LogP contribution in [0.5, 0.6) is 0 Å². The van der Waals surface area contributed by atoms with Crippen LogP contribution in [-0.4, -0.2) is 52.0 Å². The van der Waals surface area contributed by atoms with Gasteiger partial charge in [-0.15, -0.1) is 6.42 Å². The molecule has 2 fully saturated rings. The van der Waals surface area contributed by atoms with Gasteiger partial charge in [-0.1, -0.05) is 37.5 Å². The molecule has 1 aromatic heterocycles. The number of rotatable bonds is 12. The van der Waals surface area contributed by atoms with E-state index in [9.17, 15) is 41.4 Å². The smallest absolute Gasteiger partial charge is 0.416 e. The molecule has 1 saturated heterocycles. The largest absolute Gasteiger partial charge is 0.481 e. The minimum atomic E-state index is -4.94. The molecule has 0 spiro atoms. The van der Waals surface area contributed by atoms with Crippen LogP contribution in [0, 0.1) is 56.6 Å². The molecule has 0 unspecified atom stereocenters. The van der Waals surface area contributed by atoms with E-state index in [-0.39, 0.29) is 62.4 Å². The highest BCUT2D eigenvalue weighted by Crippen LogP contribution is 2.49. The first-order valence-electron chi connectivity index (χ1n) is 18.1. The number of carboxylic acids is 1. The van der Waals surface area contributed by atoms with E-state index in [0.717, 1.165) is 22.4 Å². The first-order chi connectivity index (χ1) is 25.6. The van der Waals surface area contributed by atoms with Gasteiger partial charge in [0.05, 0.1) is 23.6 Å². The first-order valence-corrected chi connectivity index (χ1v) is 18.1. The van der Waals surface area contributed by atoms with E-state index in [2.05, 4.69) is 11.2 Å². The monoisotopic (exact) mass is 775 g/mol. The molecular weight excluding hydrogens is 731 g/mol. The molecule has 1 aliphatic heterocycles. The van der Waals surface area contributed by atoms with Gasteiger partial charge in [0.1, 0.15) is 17.7 Å². The van der Waals surface area contributed by atoms with Crippen LogP contribution < -0.4 is 10.9 Å². The van der Waals surface area contributed by atoms with E-state index >= 15 is 8.78 Å². The summed E-state index contributed by atoms with van der Waals surface area (Å²) in [6.45, 7) is 9.28. The average molecular weight is 776 g/mol. The number of piperidine rings is 1. The Labute approximate surface area is 314 Å². The van der Waals surface area contributed by atoms with E-state index in [1.807, 2.05) is 6.92 Å². The normalized spacial score (nSPS) is 18.5.